The van der Waals surface area contributed by atoms with Crippen molar-refractivity contribution in [2.75, 3.05) is 7.11 Å². The molecular formula is C15H16O4. The van der Waals surface area contributed by atoms with Crippen LogP contribution in [0.5, 0.6) is 5.75 Å². The lowest BCUT2D eigenvalue weighted by molar-refractivity contribution is -0.112. The van der Waals surface area contributed by atoms with Crippen LogP contribution in [-0.4, -0.2) is 12.9 Å². The first-order valence-electron chi connectivity index (χ1n) is 5.75. The van der Waals surface area contributed by atoms with Crippen LogP contribution in [0.1, 0.15) is 18.2 Å². The molecule has 0 unspecified atom stereocenters. The minimum Gasteiger partial charge on any atom is -0.496 e. The van der Waals surface area contributed by atoms with E-state index in [1.807, 2.05) is 0 Å². The Balaban J connectivity index is 2.85. The zero-order valence-electron chi connectivity index (χ0n) is 11.2. The third-order valence-corrected chi connectivity index (χ3v) is 2.33. The second kappa shape index (κ2) is 7.16. The molecule has 0 bridgehead atoms. The van der Waals surface area contributed by atoms with Crippen molar-refractivity contribution in [3.8, 4) is 5.75 Å². The molecule has 1 heterocycles. The largest absolute Gasteiger partial charge is 0.496 e. The summed E-state index contributed by atoms with van der Waals surface area (Å²) in [4.78, 5) is 21.9. The summed E-state index contributed by atoms with van der Waals surface area (Å²) in [6.45, 7) is 3.29. The summed E-state index contributed by atoms with van der Waals surface area (Å²) in [5.74, 6) is 0.934. The smallest absolute Gasteiger partial charge is 0.339 e. The summed E-state index contributed by atoms with van der Waals surface area (Å²) in [7, 11) is 1.50. The molecule has 0 N–H and O–H groups in total. The van der Waals surface area contributed by atoms with Crippen LogP contribution >= 0.6 is 0 Å². The molecule has 1 rings (SSSR count). The van der Waals surface area contributed by atoms with Crippen molar-refractivity contribution in [1.29, 1.82) is 0 Å². The van der Waals surface area contributed by atoms with Gasteiger partial charge in [-0.15, -0.1) is 0 Å². The highest BCUT2D eigenvalue weighted by Crippen LogP contribution is 2.19. The first-order valence-corrected chi connectivity index (χ1v) is 5.75. The molecule has 0 amide bonds. The van der Waals surface area contributed by atoms with E-state index in [2.05, 4.69) is 0 Å². The van der Waals surface area contributed by atoms with E-state index in [1.54, 1.807) is 37.3 Å². The fourth-order valence-electron chi connectivity index (χ4n) is 1.38. The number of carbonyl (C=O) groups excluding carboxylic acids is 1. The number of carbonyl (C=O) groups is 1. The Morgan fingerprint density at radius 3 is 2.58 bits per heavy atom. The van der Waals surface area contributed by atoms with Crippen LogP contribution in [0.25, 0.3) is 6.08 Å². The quantitative estimate of drug-likeness (QED) is 0.603. The fraction of sp³-hybridized carbons (Fsp3) is 0.200. The van der Waals surface area contributed by atoms with Crippen LogP contribution in [0.3, 0.4) is 0 Å². The summed E-state index contributed by atoms with van der Waals surface area (Å²) in [5, 5.41) is 0. The first kappa shape index (κ1) is 14.7. The summed E-state index contributed by atoms with van der Waals surface area (Å²) in [6.07, 6.45) is 9.93. The minimum atomic E-state index is -0.456. The molecule has 0 saturated heterocycles. The molecular weight excluding hydrogens is 244 g/mol. The molecule has 0 aliphatic carbocycles. The molecule has 19 heavy (non-hydrogen) atoms. The molecule has 0 saturated carbocycles. The van der Waals surface area contributed by atoms with Gasteiger partial charge in [0, 0.05) is 5.56 Å². The minimum absolute atomic E-state index is 0.0109. The van der Waals surface area contributed by atoms with Crippen molar-refractivity contribution in [3.63, 3.8) is 0 Å². The molecule has 100 valence electrons. The predicted molar refractivity (Wildman–Crippen MR) is 74.3 cm³/mol. The van der Waals surface area contributed by atoms with Gasteiger partial charge >= 0.3 is 5.63 Å². The Bertz CT molecular complexity index is 589. The Morgan fingerprint density at radius 2 is 1.95 bits per heavy atom. The highest BCUT2D eigenvalue weighted by molar-refractivity contribution is 5.87. The molecule has 0 atom stereocenters. The Morgan fingerprint density at radius 1 is 1.26 bits per heavy atom. The van der Waals surface area contributed by atoms with Gasteiger partial charge in [0.2, 0.25) is 0 Å². The van der Waals surface area contributed by atoms with E-state index < -0.39 is 5.63 Å². The number of methoxy groups -OCH3 is 1. The summed E-state index contributed by atoms with van der Waals surface area (Å²) in [6, 6.07) is 1.30. The summed E-state index contributed by atoms with van der Waals surface area (Å²) < 4.78 is 10.1. The van der Waals surface area contributed by atoms with Crippen molar-refractivity contribution in [1.82, 2.24) is 0 Å². The van der Waals surface area contributed by atoms with Gasteiger partial charge in [-0.25, -0.2) is 4.79 Å². The van der Waals surface area contributed by atoms with Gasteiger partial charge in [-0.1, -0.05) is 24.3 Å². The van der Waals surface area contributed by atoms with Gasteiger partial charge in [-0.05, 0) is 26.0 Å². The first-order chi connectivity index (χ1) is 9.04. The van der Waals surface area contributed by atoms with E-state index in [4.69, 9.17) is 9.15 Å². The second-order valence-electron chi connectivity index (χ2n) is 3.84. The molecule has 0 aliphatic heterocycles. The highest BCUT2D eigenvalue weighted by atomic mass is 16.5. The molecule has 4 heteroatoms. The van der Waals surface area contributed by atoms with Crippen LogP contribution in [-0.2, 0) is 4.79 Å². The van der Waals surface area contributed by atoms with Crippen LogP contribution in [0.2, 0.25) is 0 Å². The summed E-state index contributed by atoms with van der Waals surface area (Å²) in [5.41, 5.74) is 0.300. The van der Waals surface area contributed by atoms with Gasteiger partial charge in [0.25, 0.3) is 0 Å². The standard InChI is InChI=1S/C15H16O4/c1-11(16)8-6-4-5-7-9-13-12(2)14(18-3)10-15(17)19-13/h4-10H,1-3H3. The normalized spacial score (nSPS) is 11.7. The second-order valence-corrected chi connectivity index (χ2v) is 3.84. The van der Waals surface area contributed by atoms with Crippen molar-refractivity contribution >= 4 is 11.9 Å². The average molecular weight is 260 g/mol. The molecule has 0 aliphatic rings. The molecule has 1 aromatic rings. The number of ether oxygens (including phenoxy) is 1. The van der Waals surface area contributed by atoms with E-state index in [9.17, 15) is 9.59 Å². The van der Waals surface area contributed by atoms with E-state index in [1.165, 1.54) is 26.2 Å². The summed E-state index contributed by atoms with van der Waals surface area (Å²) >= 11 is 0. The van der Waals surface area contributed by atoms with Gasteiger partial charge in [0.15, 0.2) is 5.78 Å². The molecule has 1 aromatic heterocycles. The highest BCUT2D eigenvalue weighted by Gasteiger charge is 2.06. The number of hydrogen-bond donors (Lipinski definition) is 0. The third kappa shape index (κ3) is 4.79. The zero-order valence-corrected chi connectivity index (χ0v) is 11.2. The topological polar surface area (TPSA) is 56.5 Å². The predicted octanol–water partition coefficient (Wildman–Crippen LogP) is 2.67. The van der Waals surface area contributed by atoms with Gasteiger partial charge in [0.1, 0.15) is 11.5 Å². The molecule has 0 spiro atoms. The van der Waals surface area contributed by atoms with Gasteiger partial charge in [-0.2, -0.15) is 0 Å². The molecule has 0 radical (unpaired) electrons. The molecule has 4 nitrogen and oxygen atoms in total. The van der Waals surface area contributed by atoms with Crippen molar-refractivity contribution in [3.05, 3.63) is 58.2 Å². The number of rotatable bonds is 5. The third-order valence-electron chi connectivity index (χ3n) is 2.33. The molecule has 0 aromatic carbocycles. The monoisotopic (exact) mass is 260 g/mol. The van der Waals surface area contributed by atoms with Crippen molar-refractivity contribution < 1.29 is 13.9 Å². The van der Waals surface area contributed by atoms with E-state index in [-0.39, 0.29) is 5.78 Å². The lowest BCUT2D eigenvalue weighted by Crippen LogP contribution is -2.02. The SMILES string of the molecule is COc1cc(=O)oc(C=CC=CC=CC(C)=O)c1C. The van der Waals surface area contributed by atoms with E-state index in [0.29, 0.717) is 11.5 Å². The maximum atomic E-state index is 11.3. The van der Waals surface area contributed by atoms with Crippen LogP contribution in [0.15, 0.2) is 45.7 Å². The Kier molecular flexibility index (Phi) is 5.54. The van der Waals surface area contributed by atoms with Gasteiger partial charge in [-0.3, -0.25) is 4.79 Å². The van der Waals surface area contributed by atoms with Crippen LogP contribution < -0.4 is 10.4 Å². The lowest BCUT2D eigenvalue weighted by atomic mass is 10.2. The van der Waals surface area contributed by atoms with Crippen LogP contribution in [0, 0.1) is 6.92 Å². The number of hydrogen-bond acceptors (Lipinski definition) is 4. The van der Waals surface area contributed by atoms with Gasteiger partial charge in [0.05, 0.1) is 13.2 Å². The Labute approximate surface area is 111 Å². The van der Waals surface area contributed by atoms with E-state index in [0.717, 1.165) is 5.56 Å². The molecule has 0 fully saturated rings. The maximum absolute atomic E-state index is 11.3. The number of ketones is 1. The van der Waals surface area contributed by atoms with Gasteiger partial charge < -0.3 is 9.15 Å². The van der Waals surface area contributed by atoms with Crippen molar-refractivity contribution in [2.24, 2.45) is 0 Å². The zero-order chi connectivity index (χ0) is 14.3. The fourth-order valence-corrected chi connectivity index (χ4v) is 1.38. The lowest BCUT2D eigenvalue weighted by Gasteiger charge is -2.04. The van der Waals surface area contributed by atoms with Crippen LogP contribution in [0.4, 0.5) is 0 Å². The Hall–Kier alpha value is -2.36. The van der Waals surface area contributed by atoms with Crippen molar-refractivity contribution in [2.45, 2.75) is 13.8 Å². The number of allylic oxidation sites excluding steroid dienone is 5. The van der Waals surface area contributed by atoms with E-state index >= 15 is 0 Å². The average Bonchev–Trinajstić information content (AvgIpc) is 2.36. The maximum Gasteiger partial charge on any atom is 0.339 e.